The monoisotopic (exact) mass is 273 g/mol. The number of amides is 1. The quantitative estimate of drug-likeness (QED) is 0.907. The van der Waals surface area contributed by atoms with Gasteiger partial charge in [0.15, 0.2) is 0 Å². The van der Waals surface area contributed by atoms with Crippen molar-refractivity contribution in [1.29, 1.82) is 0 Å². The molecule has 1 amide bonds. The van der Waals surface area contributed by atoms with Gasteiger partial charge in [-0.3, -0.25) is 4.79 Å². The molecule has 0 aliphatic carbocycles. The summed E-state index contributed by atoms with van der Waals surface area (Å²) >= 11 is 0. The number of rotatable bonds is 3. The molecular formula is C14H19N5O. The molecule has 2 aromatic heterocycles. The fraction of sp³-hybridized carbons (Fsp3) is 0.500. The first-order valence-electron chi connectivity index (χ1n) is 6.89. The summed E-state index contributed by atoms with van der Waals surface area (Å²) in [7, 11) is 3.60. The van der Waals surface area contributed by atoms with Crippen LogP contribution in [0.4, 0.5) is 5.82 Å². The van der Waals surface area contributed by atoms with Crippen molar-refractivity contribution in [3.63, 3.8) is 0 Å². The molecule has 6 heteroatoms. The third-order valence-corrected chi connectivity index (χ3v) is 3.88. The maximum absolute atomic E-state index is 11.9. The van der Waals surface area contributed by atoms with Gasteiger partial charge >= 0.3 is 0 Å². The number of H-pyrrole nitrogens is 1. The number of fused-ring (bicyclic) bond motifs is 1. The predicted octanol–water partition coefficient (Wildman–Crippen LogP) is 1.04. The Morgan fingerprint density at radius 3 is 2.85 bits per heavy atom. The van der Waals surface area contributed by atoms with Crippen LogP contribution in [-0.2, 0) is 11.2 Å². The molecule has 1 aliphatic rings. The van der Waals surface area contributed by atoms with Gasteiger partial charge in [-0.2, -0.15) is 0 Å². The maximum Gasteiger partial charge on any atom is 0.228 e. The third kappa shape index (κ3) is 1.92. The maximum atomic E-state index is 11.9. The van der Waals surface area contributed by atoms with E-state index in [4.69, 9.17) is 0 Å². The number of hydrogen-bond acceptors (Lipinski definition) is 4. The Labute approximate surface area is 117 Å². The Morgan fingerprint density at radius 2 is 2.20 bits per heavy atom. The van der Waals surface area contributed by atoms with Gasteiger partial charge < -0.3 is 14.8 Å². The summed E-state index contributed by atoms with van der Waals surface area (Å²) in [5, 5.41) is 1.09. The number of nitrogens with zero attached hydrogens (tertiary/aromatic N) is 4. The highest BCUT2D eigenvalue weighted by atomic mass is 16.2. The van der Waals surface area contributed by atoms with Crippen molar-refractivity contribution in [1.82, 2.24) is 19.9 Å². The highest BCUT2D eigenvalue weighted by Gasteiger charge is 2.35. The molecule has 0 atom stereocenters. The number of aryl methyl sites for hydroxylation is 1. The highest BCUT2D eigenvalue weighted by molar-refractivity contribution is 5.92. The van der Waals surface area contributed by atoms with Crippen molar-refractivity contribution < 1.29 is 4.79 Å². The number of hydrogen-bond donors (Lipinski definition) is 1. The van der Waals surface area contributed by atoms with Crippen LogP contribution in [0.5, 0.6) is 0 Å². The number of nitrogens with one attached hydrogen (secondary N) is 1. The molecule has 1 N–H and O–H groups in total. The zero-order chi connectivity index (χ0) is 14.3. The van der Waals surface area contributed by atoms with E-state index in [2.05, 4.69) is 26.8 Å². The summed E-state index contributed by atoms with van der Waals surface area (Å²) in [6.45, 7) is 3.59. The fourth-order valence-corrected chi connectivity index (χ4v) is 2.70. The average Bonchev–Trinajstić information content (AvgIpc) is 2.80. The first-order valence-corrected chi connectivity index (χ1v) is 6.89. The zero-order valence-electron chi connectivity index (χ0n) is 12.1. The molecule has 1 aliphatic heterocycles. The largest absolute Gasteiger partial charge is 0.354 e. The number of carbonyl (C=O) groups is 1. The van der Waals surface area contributed by atoms with E-state index < -0.39 is 0 Å². The lowest BCUT2D eigenvalue weighted by Gasteiger charge is -2.40. The number of aromatic amines is 1. The molecule has 3 heterocycles. The van der Waals surface area contributed by atoms with Crippen molar-refractivity contribution in [3.8, 4) is 0 Å². The molecule has 0 aromatic carbocycles. The Bertz CT molecular complexity index is 642. The van der Waals surface area contributed by atoms with Crippen molar-refractivity contribution in [3.05, 3.63) is 18.1 Å². The van der Waals surface area contributed by atoms with Gasteiger partial charge in [-0.25, -0.2) is 9.97 Å². The predicted molar refractivity (Wildman–Crippen MR) is 77.7 cm³/mol. The summed E-state index contributed by atoms with van der Waals surface area (Å²) in [5.74, 6) is 1.21. The van der Waals surface area contributed by atoms with E-state index >= 15 is 0 Å². The lowest BCUT2D eigenvalue weighted by Crippen LogP contribution is -2.53. The van der Waals surface area contributed by atoms with E-state index in [-0.39, 0.29) is 11.8 Å². The van der Waals surface area contributed by atoms with E-state index in [1.165, 1.54) is 5.56 Å². The van der Waals surface area contributed by atoms with E-state index in [1.54, 1.807) is 25.3 Å². The van der Waals surface area contributed by atoms with Crippen molar-refractivity contribution in [2.24, 2.45) is 5.92 Å². The first-order chi connectivity index (χ1) is 9.61. The van der Waals surface area contributed by atoms with Crippen LogP contribution in [-0.4, -0.2) is 52.9 Å². The minimum atomic E-state index is 0.0824. The topological polar surface area (TPSA) is 65.1 Å². The van der Waals surface area contributed by atoms with Crippen LogP contribution in [0, 0.1) is 5.92 Å². The Kier molecular flexibility index (Phi) is 3.08. The van der Waals surface area contributed by atoms with Crippen molar-refractivity contribution in [2.45, 2.75) is 13.3 Å². The van der Waals surface area contributed by atoms with Gasteiger partial charge in [0.25, 0.3) is 0 Å². The van der Waals surface area contributed by atoms with Gasteiger partial charge in [0.2, 0.25) is 5.91 Å². The second kappa shape index (κ2) is 4.77. The summed E-state index contributed by atoms with van der Waals surface area (Å²) < 4.78 is 0. The molecule has 0 unspecified atom stereocenters. The van der Waals surface area contributed by atoms with Crippen LogP contribution in [0.2, 0.25) is 0 Å². The SMILES string of the molecule is CCc1c[nH]c2ncnc(N3CC(C(=O)N(C)C)C3)c12. The summed E-state index contributed by atoms with van der Waals surface area (Å²) in [6.07, 6.45) is 4.51. The minimum absolute atomic E-state index is 0.0824. The molecule has 106 valence electrons. The highest BCUT2D eigenvalue weighted by Crippen LogP contribution is 2.31. The number of aromatic nitrogens is 3. The van der Waals surface area contributed by atoms with Crippen LogP contribution < -0.4 is 4.90 Å². The molecule has 0 spiro atoms. The van der Waals surface area contributed by atoms with E-state index in [0.717, 1.165) is 36.4 Å². The van der Waals surface area contributed by atoms with E-state index in [9.17, 15) is 4.79 Å². The molecule has 6 nitrogen and oxygen atoms in total. The second-order valence-corrected chi connectivity index (χ2v) is 5.42. The fourth-order valence-electron chi connectivity index (χ4n) is 2.70. The van der Waals surface area contributed by atoms with E-state index in [0.29, 0.717) is 0 Å². The second-order valence-electron chi connectivity index (χ2n) is 5.42. The summed E-state index contributed by atoms with van der Waals surface area (Å²) in [5.41, 5.74) is 2.09. The first kappa shape index (κ1) is 12.9. The van der Waals surface area contributed by atoms with Crippen molar-refractivity contribution in [2.75, 3.05) is 32.1 Å². The van der Waals surface area contributed by atoms with Crippen LogP contribution in [0.25, 0.3) is 11.0 Å². The van der Waals surface area contributed by atoms with Crippen LogP contribution >= 0.6 is 0 Å². The summed E-state index contributed by atoms with van der Waals surface area (Å²) in [6, 6.07) is 0. The Balaban J connectivity index is 1.86. The molecule has 3 rings (SSSR count). The minimum Gasteiger partial charge on any atom is -0.354 e. The van der Waals surface area contributed by atoms with Crippen LogP contribution in [0.1, 0.15) is 12.5 Å². The number of carbonyl (C=O) groups excluding carboxylic acids is 1. The van der Waals surface area contributed by atoms with Crippen LogP contribution in [0.3, 0.4) is 0 Å². The molecule has 1 fully saturated rings. The molecule has 2 aromatic rings. The van der Waals surface area contributed by atoms with Gasteiger partial charge in [-0.05, 0) is 12.0 Å². The van der Waals surface area contributed by atoms with Crippen molar-refractivity contribution >= 4 is 22.8 Å². The molecule has 1 saturated heterocycles. The normalized spacial score (nSPS) is 15.4. The Hall–Kier alpha value is -2.11. The average molecular weight is 273 g/mol. The molecule has 20 heavy (non-hydrogen) atoms. The summed E-state index contributed by atoms with van der Waals surface area (Å²) in [4.78, 5) is 27.6. The lowest BCUT2D eigenvalue weighted by molar-refractivity contribution is -0.133. The van der Waals surface area contributed by atoms with Gasteiger partial charge in [-0.15, -0.1) is 0 Å². The van der Waals surface area contributed by atoms with Gasteiger partial charge in [0.1, 0.15) is 17.8 Å². The van der Waals surface area contributed by atoms with Gasteiger partial charge in [-0.1, -0.05) is 6.92 Å². The Morgan fingerprint density at radius 1 is 1.45 bits per heavy atom. The molecule has 0 radical (unpaired) electrons. The smallest absolute Gasteiger partial charge is 0.228 e. The van der Waals surface area contributed by atoms with Crippen LogP contribution in [0.15, 0.2) is 12.5 Å². The molecule has 0 bridgehead atoms. The van der Waals surface area contributed by atoms with Gasteiger partial charge in [0.05, 0.1) is 11.3 Å². The third-order valence-electron chi connectivity index (χ3n) is 3.88. The standard InChI is InChI=1S/C14H19N5O/c1-4-9-5-15-12-11(9)13(17-8-16-12)19-6-10(7-19)14(20)18(2)3/h5,8,10H,4,6-7H2,1-3H3,(H,15,16,17). The van der Waals surface area contributed by atoms with E-state index in [1.807, 2.05) is 6.20 Å². The number of anilines is 1. The lowest BCUT2D eigenvalue weighted by atomic mass is 9.98. The molecular weight excluding hydrogens is 254 g/mol. The molecule has 0 saturated carbocycles. The zero-order valence-corrected chi connectivity index (χ0v) is 12.1. The van der Waals surface area contributed by atoms with Gasteiger partial charge in [0, 0.05) is 33.4 Å².